The quantitative estimate of drug-likeness (QED) is 0.843. The summed E-state index contributed by atoms with van der Waals surface area (Å²) in [6.07, 6.45) is 3.03. The number of carbonyl (C=O) groups excluding carboxylic acids is 1. The number of ketones is 1. The highest BCUT2D eigenvalue weighted by atomic mass is 16.1. The fraction of sp³-hybridized carbons (Fsp3) is 0.500. The first kappa shape index (κ1) is 11.2. The van der Waals surface area contributed by atoms with Crippen LogP contribution in [0.25, 0.3) is 0 Å². The molecule has 0 amide bonds. The Hall–Kier alpha value is -1.31. The van der Waals surface area contributed by atoms with Gasteiger partial charge in [-0.1, -0.05) is 25.1 Å². The summed E-state index contributed by atoms with van der Waals surface area (Å²) in [5, 5.41) is 3.35. The van der Waals surface area contributed by atoms with Gasteiger partial charge in [0.15, 0.2) is 0 Å². The van der Waals surface area contributed by atoms with Crippen LogP contribution in [0.2, 0.25) is 0 Å². The van der Waals surface area contributed by atoms with Gasteiger partial charge in [0, 0.05) is 24.6 Å². The Bertz CT molecular complexity index is 347. The zero-order valence-corrected chi connectivity index (χ0v) is 9.78. The molecule has 1 aromatic carbocycles. The summed E-state index contributed by atoms with van der Waals surface area (Å²) in [6.45, 7) is 2.97. The highest BCUT2D eigenvalue weighted by Gasteiger charge is 2.28. The van der Waals surface area contributed by atoms with Crippen LogP contribution in [-0.4, -0.2) is 12.3 Å². The Balaban J connectivity index is 1.91. The first-order chi connectivity index (χ1) is 7.77. The van der Waals surface area contributed by atoms with E-state index in [1.807, 2.05) is 30.3 Å². The second kappa shape index (κ2) is 5.15. The Labute approximate surface area is 97.1 Å². The van der Waals surface area contributed by atoms with Crippen molar-refractivity contribution in [3.63, 3.8) is 0 Å². The van der Waals surface area contributed by atoms with Crippen molar-refractivity contribution in [2.75, 3.05) is 11.9 Å². The van der Waals surface area contributed by atoms with E-state index in [0.29, 0.717) is 11.7 Å². The molecule has 1 aliphatic rings. The molecule has 0 saturated heterocycles. The third-order valence-electron chi connectivity index (χ3n) is 3.48. The van der Waals surface area contributed by atoms with Gasteiger partial charge in [-0.15, -0.1) is 0 Å². The molecule has 2 rings (SSSR count). The second-order valence-electron chi connectivity index (χ2n) is 4.69. The van der Waals surface area contributed by atoms with Gasteiger partial charge in [-0.05, 0) is 30.9 Å². The molecule has 1 N–H and O–H groups in total. The van der Waals surface area contributed by atoms with Crippen LogP contribution in [0, 0.1) is 11.8 Å². The minimum Gasteiger partial charge on any atom is -0.384 e. The molecule has 1 aromatic rings. The highest BCUT2D eigenvalue weighted by molar-refractivity contribution is 5.82. The molecule has 2 unspecified atom stereocenters. The summed E-state index contributed by atoms with van der Waals surface area (Å²) in [5.74, 6) is 1.16. The third-order valence-corrected chi connectivity index (χ3v) is 3.48. The predicted molar refractivity (Wildman–Crippen MR) is 66.4 cm³/mol. The maximum Gasteiger partial charge on any atom is 0.138 e. The summed E-state index contributed by atoms with van der Waals surface area (Å²) in [7, 11) is 0. The lowest BCUT2D eigenvalue weighted by atomic mass is 9.79. The summed E-state index contributed by atoms with van der Waals surface area (Å²) in [5.41, 5.74) is 1.10. The predicted octanol–water partition coefficient (Wildman–Crippen LogP) is 3.10. The molecule has 0 aliphatic heterocycles. The molecule has 1 fully saturated rings. The van der Waals surface area contributed by atoms with Crippen LogP contribution in [0.4, 0.5) is 5.69 Å². The molecule has 0 spiro atoms. The van der Waals surface area contributed by atoms with Crippen molar-refractivity contribution in [3.8, 4) is 0 Å². The molecule has 2 heteroatoms. The average Bonchev–Trinajstić information content (AvgIpc) is 2.30. The van der Waals surface area contributed by atoms with E-state index in [1.165, 1.54) is 6.42 Å². The molecule has 0 bridgehead atoms. The number of benzene rings is 1. The van der Waals surface area contributed by atoms with Crippen LogP contribution in [0.1, 0.15) is 26.2 Å². The van der Waals surface area contributed by atoms with E-state index in [0.717, 1.165) is 25.1 Å². The summed E-state index contributed by atoms with van der Waals surface area (Å²) in [4.78, 5) is 11.8. The van der Waals surface area contributed by atoms with Crippen molar-refractivity contribution in [1.82, 2.24) is 0 Å². The normalized spacial score (nSPS) is 25.4. The second-order valence-corrected chi connectivity index (χ2v) is 4.69. The molecular weight excluding hydrogens is 198 g/mol. The Morgan fingerprint density at radius 2 is 2.06 bits per heavy atom. The van der Waals surface area contributed by atoms with E-state index in [-0.39, 0.29) is 5.92 Å². The fourth-order valence-electron chi connectivity index (χ4n) is 2.40. The van der Waals surface area contributed by atoms with E-state index in [1.54, 1.807) is 0 Å². The van der Waals surface area contributed by atoms with Gasteiger partial charge in [0.1, 0.15) is 5.78 Å². The van der Waals surface area contributed by atoms with Crippen molar-refractivity contribution in [3.05, 3.63) is 30.3 Å². The Morgan fingerprint density at radius 3 is 2.75 bits per heavy atom. The maximum absolute atomic E-state index is 11.8. The monoisotopic (exact) mass is 217 g/mol. The summed E-state index contributed by atoms with van der Waals surface area (Å²) >= 11 is 0. The molecule has 0 aromatic heterocycles. The van der Waals surface area contributed by atoms with Gasteiger partial charge in [-0.25, -0.2) is 0 Å². The van der Waals surface area contributed by atoms with E-state index in [4.69, 9.17) is 0 Å². The molecule has 16 heavy (non-hydrogen) atoms. The zero-order valence-electron chi connectivity index (χ0n) is 9.78. The van der Waals surface area contributed by atoms with Crippen LogP contribution < -0.4 is 5.32 Å². The van der Waals surface area contributed by atoms with Gasteiger partial charge in [0.2, 0.25) is 0 Å². The van der Waals surface area contributed by atoms with Crippen molar-refractivity contribution in [2.45, 2.75) is 26.2 Å². The molecule has 86 valence electrons. The molecule has 1 saturated carbocycles. The molecule has 1 aliphatic carbocycles. The molecule has 2 atom stereocenters. The van der Waals surface area contributed by atoms with E-state index in [2.05, 4.69) is 12.2 Å². The molecule has 2 nitrogen and oxygen atoms in total. The minimum absolute atomic E-state index is 0.203. The lowest BCUT2D eigenvalue weighted by Crippen LogP contribution is -2.32. The van der Waals surface area contributed by atoms with Crippen LogP contribution >= 0.6 is 0 Å². The number of rotatable bonds is 3. The van der Waals surface area contributed by atoms with Crippen LogP contribution in [0.15, 0.2) is 30.3 Å². The van der Waals surface area contributed by atoms with Crippen LogP contribution in [-0.2, 0) is 4.79 Å². The average molecular weight is 217 g/mol. The smallest absolute Gasteiger partial charge is 0.138 e. The Kier molecular flexibility index (Phi) is 3.60. The van der Waals surface area contributed by atoms with Gasteiger partial charge in [0.25, 0.3) is 0 Å². The number of carbonyl (C=O) groups is 1. The largest absolute Gasteiger partial charge is 0.384 e. The van der Waals surface area contributed by atoms with Gasteiger partial charge >= 0.3 is 0 Å². The topological polar surface area (TPSA) is 29.1 Å². The maximum atomic E-state index is 11.8. The van der Waals surface area contributed by atoms with Crippen molar-refractivity contribution in [1.29, 1.82) is 0 Å². The van der Waals surface area contributed by atoms with Gasteiger partial charge < -0.3 is 5.32 Å². The zero-order chi connectivity index (χ0) is 11.4. The number of para-hydroxylation sites is 1. The number of hydrogen-bond acceptors (Lipinski definition) is 2. The first-order valence-electron chi connectivity index (χ1n) is 6.09. The molecule has 0 radical (unpaired) electrons. The van der Waals surface area contributed by atoms with E-state index >= 15 is 0 Å². The van der Waals surface area contributed by atoms with Crippen LogP contribution in [0.3, 0.4) is 0 Å². The third kappa shape index (κ3) is 2.63. The SMILES string of the molecule is CC1CCCC(=O)C1CNc1ccccc1. The molecule has 0 heterocycles. The standard InChI is InChI=1S/C14H19NO/c1-11-6-5-9-14(16)13(11)10-15-12-7-3-2-4-8-12/h2-4,7-8,11,13,15H,5-6,9-10H2,1H3. The number of Topliss-reactive ketones (excluding diaryl/α,β-unsaturated/α-hetero) is 1. The van der Waals surface area contributed by atoms with E-state index in [9.17, 15) is 4.79 Å². The minimum atomic E-state index is 0.203. The van der Waals surface area contributed by atoms with Crippen LogP contribution in [0.5, 0.6) is 0 Å². The Morgan fingerprint density at radius 1 is 1.31 bits per heavy atom. The summed E-state index contributed by atoms with van der Waals surface area (Å²) < 4.78 is 0. The van der Waals surface area contributed by atoms with Gasteiger partial charge in [-0.3, -0.25) is 4.79 Å². The lowest BCUT2D eigenvalue weighted by molar-refractivity contribution is -0.125. The van der Waals surface area contributed by atoms with Crippen molar-refractivity contribution < 1.29 is 4.79 Å². The van der Waals surface area contributed by atoms with Gasteiger partial charge in [-0.2, -0.15) is 0 Å². The highest BCUT2D eigenvalue weighted by Crippen LogP contribution is 2.27. The van der Waals surface area contributed by atoms with Gasteiger partial charge in [0.05, 0.1) is 0 Å². The number of nitrogens with one attached hydrogen (secondary N) is 1. The number of hydrogen-bond donors (Lipinski definition) is 1. The first-order valence-corrected chi connectivity index (χ1v) is 6.09. The van der Waals surface area contributed by atoms with Crippen molar-refractivity contribution in [2.24, 2.45) is 11.8 Å². The number of anilines is 1. The summed E-state index contributed by atoms with van der Waals surface area (Å²) in [6, 6.07) is 10.1. The fourth-order valence-corrected chi connectivity index (χ4v) is 2.40. The molecular formula is C14H19NO. The lowest BCUT2D eigenvalue weighted by Gasteiger charge is -2.27. The van der Waals surface area contributed by atoms with E-state index < -0.39 is 0 Å². The van der Waals surface area contributed by atoms with Crippen molar-refractivity contribution >= 4 is 11.5 Å².